The molecule has 0 bridgehead atoms. The van der Waals surface area contributed by atoms with Crippen LogP contribution in [-0.4, -0.2) is 11.7 Å². The number of hydrogen-bond acceptors (Lipinski definition) is 2. The molecule has 0 aliphatic rings. The van der Waals surface area contributed by atoms with Crippen molar-refractivity contribution in [1.82, 2.24) is 5.32 Å². The van der Waals surface area contributed by atoms with Crippen LogP contribution >= 0.6 is 0 Å². The lowest BCUT2D eigenvalue weighted by atomic mass is 10.0. The molecule has 0 spiro atoms. The third-order valence-electron chi connectivity index (χ3n) is 3.45. The first-order valence-electron chi connectivity index (χ1n) is 7.29. The summed E-state index contributed by atoms with van der Waals surface area (Å²) in [5.74, 6) is -0.199. The molecule has 0 unspecified atom stereocenters. The number of carbonyl (C=O) groups excluding carboxylic acids is 2. The van der Waals surface area contributed by atoms with Gasteiger partial charge < -0.3 is 5.32 Å². The van der Waals surface area contributed by atoms with E-state index < -0.39 is 0 Å². The van der Waals surface area contributed by atoms with Crippen LogP contribution in [0.3, 0.4) is 0 Å². The summed E-state index contributed by atoms with van der Waals surface area (Å²) in [6.45, 7) is 3.56. The molecule has 22 heavy (non-hydrogen) atoms. The molecule has 2 rings (SSSR count). The largest absolute Gasteiger partial charge is 0.321 e. The Labute approximate surface area is 130 Å². The maximum Gasteiger partial charge on any atom is 0.255 e. The van der Waals surface area contributed by atoms with E-state index in [2.05, 4.69) is 5.32 Å². The van der Waals surface area contributed by atoms with Crippen LogP contribution < -0.4 is 5.32 Å². The number of allylic oxidation sites excluding steroid dienone is 1. The molecule has 0 fully saturated rings. The molecule has 0 atom stereocenters. The van der Waals surface area contributed by atoms with Crippen LogP contribution in [0.5, 0.6) is 0 Å². The molecule has 0 saturated carbocycles. The Kier molecular flexibility index (Phi) is 5.26. The van der Waals surface area contributed by atoms with Gasteiger partial charge in [0.25, 0.3) is 5.91 Å². The van der Waals surface area contributed by atoms with Crippen LogP contribution in [0.2, 0.25) is 0 Å². The molecule has 1 N–H and O–H groups in total. The van der Waals surface area contributed by atoms with Crippen LogP contribution in [0.1, 0.15) is 36.2 Å². The zero-order valence-electron chi connectivity index (χ0n) is 12.8. The van der Waals surface area contributed by atoms with E-state index in [4.69, 9.17) is 0 Å². The van der Waals surface area contributed by atoms with Gasteiger partial charge in [0.05, 0.1) is 5.70 Å². The lowest BCUT2D eigenvalue weighted by Crippen LogP contribution is -2.24. The number of amides is 1. The highest BCUT2D eigenvalue weighted by molar-refractivity contribution is 6.06. The average Bonchev–Trinajstić information content (AvgIpc) is 2.59. The maximum absolute atomic E-state index is 12.4. The number of nitrogens with one attached hydrogen (secondary N) is 1. The highest BCUT2D eigenvalue weighted by Gasteiger charge is 2.15. The minimum absolute atomic E-state index is 0.0206. The molecule has 112 valence electrons. The Morgan fingerprint density at radius 1 is 0.864 bits per heavy atom. The van der Waals surface area contributed by atoms with Gasteiger partial charge in [-0.2, -0.15) is 0 Å². The van der Waals surface area contributed by atoms with E-state index in [-0.39, 0.29) is 11.7 Å². The van der Waals surface area contributed by atoms with Crippen LogP contribution in [0, 0.1) is 0 Å². The maximum atomic E-state index is 12.4. The van der Waals surface area contributed by atoms with Crippen molar-refractivity contribution in [3.63, 3.8) is 0 Å². The van der Waals surface area contributed by atoms with E-state index in [1.165, 1.54) is 0 Å². The van der Waals surface area contributed by atoms with Gasteiger partial charge in [-0.25, -0.2) is 0 Å². The predicted octanol–water partition coefficient (Wildman–Crippen LogP) is 3.83. The number of rotatable bonds is 5. The zero-order chi connectivity index (χ0) is 15.9. The van der Waals surface area contributed by atoms with Gasteiger partial charge in [-0.1, -0.05) is 55.5 Å². The van der Waals surface area contributed by atoms with Gasteiger partial charge in [0, 0.05) is 17.6 Å². The van der Waals surface area contributed by atoms with Gasteiger partial charge >= 0.3 is 0 Å². The standard InChI is InChI=1S/C19H19NO2/c1-3-17(21)14(2)18(15-10-6-4-7-11-15)20-19(22)16-12-8-5-9-13-16/h4-13H,3H2,1-2H3,(H,20,22). The van der Waals surface area contributed by atoms with E-state index in [1.807, 2.05) is 55.5 Å². The summed E-state index contributed by atoms with van der Waals surface area (Å²) in [7, 11) is 0. The molecular formula is C19H19NO2. The molecular weight excluding hydrogens is 274 g/mol. The van der Waals surface area contributed by atoms with Crippen LogP contribution in [0.25, 0.3) is 5.70 Å². The van der Waals surface area contributed by atoms with E-state index in [0.717, 1.165) is 5.56 Å². The van der Waals surface area contributed by atoms with Crippen molar-refractivity contribution in [2.45, 2.75) is 20.3 Å². The van der Waals surface area contributed by atoms with Crippen molar-refractivity contribution in [3.8, 4) is 0 Å². The van der Waals surface area contributed by atoms with Gasteiger partial charge in [0.2, 0.25) is 0 Å². The Morgan fingerprint density at radius 3 is 1.86 bits per heavy atom. The Hall–Kier alpha value is -2.68. The number of ketones is 1. The van der Waals surface area contributed by atoms with Crippen molar-refractivity contribution < 1.29 is 9.59 Å². The minimum Gasteiger partial charge on any atom is -0.321 e. The monoisotopic (exact) mass is 293 g/mol. The first-order valence-corrected chi connectivity index (χ1v) is 7.29. The van der Waals surface area contributed by atoms with Crippen molar-refractivity contribution in [2.75, 3.05) is 0 Å². The highest BCUT2D eigenvalue weighted by atomic mass is 16.1. The number of benzene rings is 2. The first kappa shape index (κ1) is 15.7. The molecule has 0 heterocycles. The van der Waals surface area contributed by atoms with Crippen LogP contribution in [0.4, 0.5) is 0 Å². The van der Waals surface area contributed by atoms with Crippen molar-refractivity contribution in [2.24, 2.45) is 0 Å². The quantitative estimate of drug-likeness (QED) is 0.852. The summed E-state index contributed by atoms with van der Waals surface area (Å²) in [5, 5.41) is 2.88. The van der Waals surface area contributed by atoms with E-state index in [1.54, 1.807) is 19.1 Å². The lowest BCUT2D eigenvalue weighted by molar-refractivity contribution is -0.115. The fourth-order valence-corrected chi connectivity index (χ4v) is 2.17. The third kappa shape index (κ3) is 3.70. The SMILES string of the molecule is CCC(=O)C(C)=C(NC(=O)c1ccccc1)c1ccccc1. The fourth-order valence-electron chi connectivity index (χ4n) is 2.17. The van der Waals surface area contributed by atoms with Crippen molar-refractivity contribution in [3.05, 3.63) is 77.4 Å². The van der Waals surface area contributed by atoms with Crippen molar-refractivity contribution in [1.29, 1.82) is 0 Å². The molecule has 3 nitrogen and oxygen atoms in total. The smallest absolute Gasteiger partial charge is 0.255 e. The van der Waals surface area contributed by atoms with Gasteiger partial charge in [0.15, 0.2) is 5.78 Å². The second-order valence-electron chi connectivity index (χ2n) is 4.96. The molecule has 0 saturated heterocycles. The Morgan fingerprint density at radius 2 is 1.36 bits per heavy atom. The highest BCUT2D eigenvalue weighted by Crippen LogP contribution is 2.18. The van der Waals surface area contributed by atoms with Gasteiger partial charge in [-0.3, -0.25) is 9.59 Å². The molecule has 2 aromatic carbocycles. The average molecular weight is 293 g/mol. The predicted molar refractivity (Wildman–Crippen MR) is 88.2 cm³/mol. The first-order chi connectivity index (χ1) is 10.6. The van der Waals surface area contributed by atoms with Gasteiger partial charge in [-0.15, -0.1) is 0 Å². The van der Waals surface area contributed by atoms with E-state index in [0.29, 0.717) is 23.3 Å². The summed E-state index contributed by atoms with van der Waals surface area (Å²) in [5.41, 5.74) is 2.53. The van der Waals surface area contributed by atoms with Crippen LogP contribution in [-0.2, 0) is 4.79 Å². The Bertz CT molecular complexity index is 688. The summed E-state index contributed by atoms with van der Waals surface area (Å²) in [6.07, 6.45) is 0.406. The van der Waals surface area contributed by atoms with E-state index >= 15 is 0 Å². The molecule has 0 aliphatic heterocycles. The molecule has 0 aliphatic carbocycles. The topological polar surface area (TPSA) is 46.2 Å². The second-order valence-corrected chi connectivity index (χ2v) is 4.96. The second kappa shape index (κ2) is 7.36. The van der Waals surface area contributed by atoms with Crippen molar-refractivity contribution >= 4 is 17.4 Å². The summed E-state index contributed by atoms with van der Waals surface area (Å²) < 4.78 is 0. The van der Waals surface area contributed by atoms with Crippen LogP contribution in [0.15, 0.2) is 66.2 Å². The summed E-state index contributed by atoms with van der Waals surface area (Å²) in [4.78, 5) is 24.4. The van der Waals surface area contributed by atoms with Gasteiger partial charge in [-0.05, 0) is 24.6 Å². The van der Waals surface area contributed by atoms with E-state index in [9.17, 15) is 9.59 Å². The third-order valence-corrected chi connectivity index (χ3v) is 3.45. The van der Waals surface area contributed by atoms with Gasteiger partial charge in [0.1, 0.15) is 0 Å². The molecule has 2 aromatic rings. The number of hydrogen-bond donors (Lipinski definition) is 1. The molecule has 3 heteroatoms. The zero-order valence-corrected chi connectivity index (χ0v) is 12.8. The minimum atomic E-state index is -0.220. The number of Topliss-reactive ketones (excluding diaryl/α,β-unsaturated/α-hetero) is 1. The molecule has 0 radical (unpaired) electrons. The fraction of sp³-hybridized carbons (Fsp3) is 0.158. The Balaban J connectivity index is 2.38. The normalized spacial score (nSPS) is 11.5. The summed E-state index contributed by atoms with van der Waals surface area (Å²) in [6, 6.07) is 18.4. The molecule has 1 amide bonds. The lowest BCUT2D eigenvalue weighted by Gasteiger charge is -2.13. The number of carbonyl (C=O) groups is 2. The molecule has 0 aromatic heterocycles. The summed E-state index contributed by atoms with van der Waals surface area (Å²) >= 11 is 0.